The number of aromatic nitrogens is 3. The van der Waals surface area contributed by atoms with E-state index in [1.165, 1.54) is 4.90 Å². The molecule has 0 spiro atoms. The van der Waals surface area contributed by atoms with Crippen LogP contribution in [0.25, 0.3) is 0 Å². The quantitative estimate of drug-likeness (QED) is 0.198. The van der Waals surface area contributed by atoms with Crippen LogP contribution in [-0.2, 0) is 23.2 Å². The lowest BCUT2D eigenvalue weighted by Gasteiger charge is -2.18. The van der Waals surface area contributed by atoms with E-state index in [1.807, 2.05) is 18.5 Å². The van der Waals surface area contributed by atoms with Gasteiger partial charge in [-0.25, -0.2) is 0 Å². The Balaban J connectivity index is 0.00000225. The molecule has 2 N–H and O–H groups in total. The number of likely N-dealkylation sites (tertiary alicyclic amines) is 1. The van der Waals surface area contributed by atoms with Gasteiger partial charge in [-0.05, 0) is 25.2 Å². The lowest BCUT2D eigenvalue weighted by atomic mass is 9.85. The number of hydrogen-bond donors (Lipinski definition) is 2. The van der Waals surface area contributed by atoms with E-state index >= 15 is 0 Å². The minimum Gasteiger partial charge on any atom is -0.355 e. The second-order valence-electron chi connectivity index (χ2n) is 7.40. The molecule has 1 saturated heterocycles. The summed E-state index contributed by atoms with van der Waals surface area (Å²) in [6, 6.07) is 0. The van der Waals surface area contributed by atoms with Crippen molar-refractivity contribution >= 4 is 41.8 Å². The average molecular weight is 499 g/mol. The zero-order valence-corrected chi connectivity index (χ0v) is 18.6. The zero-order chi connectivity index (χ0) is 19.1. The van der Waals surface area contributed by atoms with Crippen molar-refractivity contribution in [3.63, 3.8) is 0 Å². The summed E-state index contributed by atoms with van der Waals surface area (Å²) < 4.78 is 1.91. The number of amides is 2. The van der Waals surface area contributed by atoms with Gasteiger partial charge in [0.25, 0.3) is 0 Å². The molecule has 1 aliphatic heterocycles. The van der Waals surface area contributed by atoms with Crippen molar-refractivity contribution in [2.45, 2.75) is 19.9 Å². The van der Waals surface area contributed by atoms with E-state index in [-0.39, 0.29) is 59.5 Å². The van der Waals surface area contributed by atoms with Crippen LogP contribution in [-0.4, -0.2) is 57.6 Å². The highest BCUT2D eigenvalue weighted by Gasteiger charge is 2.58. The number of nitrogens with one attached hydrogen (secondary N) is 2. The van der Waals surface area contributed by atoms with Gasteiger partial charge in [0.1, 0.15) is 5.82 Å². The van der Waals surface area contributed by atoms with Crippen LogP contribution in [0.15, 0.2) is 17.1 Å². The summed E-state index contributed by atoms with van der Waals surface area (Å²) >= 11 is 0. The Hall–Kier alpha value is -1.98. The summed E-state index contributed by atoms with van der Waals surface area (Å²) in [5, 5.41) is 14.4. The number of aryl methyl sites for hydroxylation is 1. The molecule has 0 radical (unpaired) electrons. The Morgan fingerprint density at radius 1 is 1.18 bits per heavy atom. The van der Waals surface area contributed by atoms with E-state index in [9.17, 15) is 9.59 Å². The summed E-state index contributed by atoms with van der Waals surface area (Å²) in [7, 11) is 3.59. The number of nitrogens with zero attached hydrogens (tertiary/aromatic N) is 5. The third-order valence-electron chi connectivity index (χ3n) is 6.01. The van der Waals surface area contributed by atoms with Gasteiger partial charge in [-0.1, -0.05) is 12.2 Å². The number of guanidine groups is 1. The molecule has 2 fully saturated rings. The monoisotopic (exact) mass is 499 g/mol. The molecule has 152 valence electrons. The highest BCUT2D eigenvalue weighted by atomic mass is 127. The van der Waals surface area contributed by atoms with Gasteiger partial charge in [0.2, 0.25) is 11.8 Å². The molecule has 4 atom stereocenters. The van der Waals surface area contributed by atoms with E-state index in [4.69, 9.17) is 0 Å². The number of rotatable bonds is 5. The lowest BCUT2D eigenvalue weighted by Crippen LogP contribution is -2.43. The van der Waals surface area contributed by atoms with Crippen molar-refractivity contribution in [1.29, 1.82) is 0 Å². The summed E-state index contributed by atoms with van der Waals surface area (Å²) in [5.41, 5.74) is 0. The van der Waals surface area contributed by atoms with Gasteiger partial charge in [-0.15, -0.1) is 34.2 Å². The van der Waals surface area contributed by atoms with Crippen LogP contribution in [0.1, 0.15) is 18.1 Å². The molecule has 1 saturated carbocycles. The molecule has 2 amide bonds. The van der Waals surface area contributed by atoms with Crippen molar-refractivity contribution in [3.05, 3.63) is 23.8 Å². The Kier molecular flexibility index (Phi) is 6.06. The fourth-order valence-corrected chi connectivity index (χ4v) is 4.46. The molecule has 3 aliphatic rings. The summed E-state index contributed by atoms with van der Waals surface area (Å²) in [6.07, 6.45) is 5.18. The molecule has 4 unspecified atom stereocenters. The van der Waals surface area contributed by atoms with E-state index in [0.717, 1.165) is 18.1 Å². The highest BCUT2D eigenvalue weighted by molar-refractivity contribution is 14.0. The Morgan fingerprint density at radius 2 is 1.82 bits per heavy atom. The first-order valence-corrected chi connectivity index (χ1v) is 9.34. The molecule has 1 aromatic heterocycles. The summed E-state index contributed by atoms with van der Waals surface area (Å²) in [5.74, 6) is 2.44. The van der Waals surface area contributed by atoms with Gasteiger partial charge in [-0.2, -0.15) is 0 Å². The standard InChI is InChI=1S/C18H25N7O2.HI/c1-10-22-23-13(24(10)3)9-21-18(19-2)20-6-7-25-16(26)14-11-4-5-12(8-11)15(14)17(25)27;/h4-5,11-12,14-15H,6-9H2,1-3H3,(H2,19,20,21);1H. The summed E-state index contributed by atoms with van der Waals surface area (Å²) in [4.78, 5) is 30.9. The van der Waals surface area contributed by atoms with Gasteiger partial charge in [0, 0.05) is 27.2 Å². The van der Waals surface area contributed by atoms with Gasteiger partial charge in [-0.3, -0.25) is 19.5 Å². The minimum absolute atomic E-state index is 0. The van der Waals surface area contributed by atoms with Gasteiger partial charge in [0.15, 0.2) is 11.8 Å². The third-order valence-corrected chi connectivity index (χ3v) is 6.01. The van der Waals surface area contributed by atoms with Gasteiger partial charge in [0.05, 0.1) is 18.4 Å². The predicted octanol–water partition coefficient (Wildman–Crippen LogP) is 0.214. The van der Waals surface area contributed by atoms with Crippen LogP contribution in [0.4, 0.5) is 0 Å². The van der Waals surface area contributed by atoms with Gasteiger partial charge >= 0.3 is 0 Å². The lowest BCUT2D eigenvalue weighted by molar-refractivity contribution is -0.140. The molecule has 2 aliphatic carbocycles. The van der Waals surface area contributed by atoms with Crippen LogP contribution in [0.5, 0.6) is 0 Å². The number of halogens is 1. The molecule has 0 aromatic carbocycles. The number of fused-ring (bicyclic) bond motifs is 5. The first-order valence-electron chi connectivity index (χ1n) is 9.34. The fourth-order valence-electron chi connectivity index (χ4n) is 4.46. The maximum Gasteiger partial charge on any atom is 0.233 e. The maximum atomic E-state index is 12.7. The van der Waals surface area contributed by atoms with Crippen molar-refractivity contribution in [2.75, 3.05) is 20.1 Å². The van der Waals surface area contributed by atoms with Crippen LogP contribution < -0.4 is 10.6 Å². The number of carbonyl (C=O) groups is 2. The number of aliphatic imine (C=N–C) groups is 1. The number of hydrogen-bond acceptors (Lipinski definition) is 5. The van der Waals surface area contributed by atoms with Crippen molar-refractivity contribution in [1.82, 2.24) is 30.3 Å². The molecular weight excluding hydrogens is 473 g/mol. The zero-order valence-electron chi connectivity index (χ0n) is 16.3. The number of allylic oxidation sites excluding steroid dienone is 2. The van der Waals surface area contributed by atoms with E-state index in [0.29, 0.717) is 25.6 Å². The molecular formula is C18H26IN7O2. The largest absolute Gasteiger partial charge is 0.355 e. The van der Waals surface area contributed by atoms with Crippen molar-refractivity contribution in [2.24, 2.45) is 35.7 Å². The predicted molar refractivity (Wildman–Crippen MR) is 114 cm³/mol. The Bertz CT molecular complexity index is 804. The molecule has 1 aromatic rings. The minimum atomic E-state index is -0.135. The maximum absolute atomic E-state index is 12.7. The molecule has 28 heavy (non-hydrogen) atoms. The fraction of sp³-hybridized carbons (Fsp3) is 0.611. The third kappa shape index (κ3) is 3.42. The molecule has 10 heteroatoms. The topological polar surface area (TPSA) is 105 Å². The molecule has 2 bridgehead atoms. The summed E-state index contributed by atoms with van der Waals surface area (Å²) in [6.45, 7) is 3.19. The van der Waals surface area contributed by atoms with Crippen LogP contribution in [0.2, 0.25) is 0 Å². The van der Waals surface area contributed by atoms with E-state index in [2.05, 4.69) is 38.0 Å². The van der Waals surface area contributed by atoms with Crippen molar-refractivity contribution < 1.29 is 9.59 Å². The van der Waals surface area contributed by atoms with Crippen molar-refractivity contribution in [3.8, 4) is 0 Å². The smallest absolute Gasteiger partial charge is 0.233 e. The van der Waals surface area contributed by atoms with Gasteiger partial charge < -0.3 is 15.2 Å². The van der Waals surface area contributed by atoms with E-state index < -0.39 is 0 Å². The first-order chi connectivity index (χ1) is 13.0. The molecule has 4 rings (SSSR count). The van der Waals surface area contributed by atoms with Crippen LogP contribution in [0.3, 0.4) is 0 Å². The normalized spacial score (nSPS) is 28.0. The first kappa shape index (κ1) is 20.7. The number of imide groups is 1. The average Bonchev–Trinajstić information content (AvgIpc) is 3.40. The second-order valence-corrected chi connectivity index (χ2v) is 7.40. The molecule has 2 heterocycles. The van der Waals surface area contributed by atoms with E-state index in [1.54, 1.807) is 7.05 Å². The van der Waals surface area contributed by atoms with Crippen LogP contribution in [0, 0.1) is 30.6 Å². The SMILES string of the molecule is CN=C(NCCN1C(=O)C2C3C=CC(C3)C2C1=O)NCc1nnc(C)n1C.I. The number of carbonyl (C=O) groups excluding carboxylic acids is 2. The Labute approximate surface area is 181 Å². The highest BCUT2D eigenvalue weighted by Crippen LogP contribution is 2.52. The second kappa shape index (κ2) is 8.18. The molecule has 9 nitrogen and oxygen atoms in total. The van der Waals surface area contributed by atoms with Crippen LogP contribution >= 0.6 is 24.0 Å². The Morgan fingerprint density at radius 3 is 2.36 bits per heavy atom.